The van der Waals surface area contributed by atoms with Crippen LogP contribution in [0.2, 0.25) is 0 Å². The lowest BCUT2D eigenvalue weighted by Gasteiger charge is -2.14. The summed E-state index contributed by atoms with van der Waals surface area (Å²) in [5.74, 6) is 0. The second-order valence-electron chi connectivity index (χ2n) is 9.11. The molecule has 0 atom stereocenters. The van der Waals surface area contributed by atoms with Crippen molar-refractivity contribution in [3.8, 4) is 6.07 Å². The predicted octanol–water partition coefficient (Wildman–Crippen LogP) is 6.89. The summed E-state index contributed by atoms with van der Waals surface area (Å²) in [6.45, 7) is 4.27. The van der Waals surface area contributed by atoms with E-state index in [9.17, 15) is 0 Å². The van der Waals surface area contributed by atoms with Crippen LogP contribution >= 0.6 is 0 Å². The maximum Gasteiger partial charge on any atom is 0.0912 e. The molecule has 0 radical (unpaired) electrons. The van der Waals surface area contributed by atoms with Crippen molar-refractivity contribution in [3.63, 3.8) is 0 Å². The molecule has 5 aromatic rings. The average Bonchev–Trinajstić information content (AvgIpc) is 2.96. The first-order chi connectivity index (χ1) is 18.8. The Morgan fingerprint density at radius 3 is 1.84 bits per heavy atom. The quantitative estimate of drug-likeness (QED) is 0.0935. The lowest BCUT2D eigenvalue weighted by Crippen LogP contribution is -2.11. The molecular formula is C33H31NO4. The van der Waals surface area contributed by atoms with E-state index in [-0.39, 0.29) is 0 Å². The van der Waals surface area contributed by atoms with Gasteiger partial charge in [0.1, 0.15) is 0 Å². The van der Waals surface area contributed by atoms with Crippen molar-refractivity contribution < 1.29 is 18.9 Å². The molecule has 5 nitrogen and oxygen atoms in total. The van der Waals surface area contributed by atoms with Crippen LogP contribution in [-0.2, 0) is 32.2 Å². The average molecular weight is 506 g/mol. The van der Waals surface area contributed by atoms with Crippen molar-refractivity contribution in [3.05, 3.63) is 102 Å². The van der Waals surface area contributed by atoms with Crippen LogP contribution in [0.4, 0.5) is 0 Å². The van der Waals surface area contributed by atoms with Crippen LogP contribution in [0.1, 0.15) is 16.7 Å². The third-order valence-electron chi connectivity index (χ3n) is 6.59. The molecule has 0 aromatic heterocycles. The first-order valence-electron chi connectivity index (χ1n) is 12.9. The fourth-order valence-electron chi connectivity index (χ4n) is 4.71. The fraction of sp³-hybridized carbons (Fsp3) is 0.242. The van der Waals surface area contributed by atoms with Crippen LogP contribution < -0.4 is 0 Å². The standard InChI is InChI=1S/C33H31NO4/c34-16-2-3-25-6-8-26(9-7-25)23-37-21-19-35-17-18-36-20-22-38-24-30-13-12-29-11-10-27-4-1-5-28-14-15-31(30)33(29)32(27)28/h1-15H,17-24H2/b3-2+. The van der Waals surface area contributed by atoms with Crippen LogP contribution in [0.25, 0.3) is 38.4 Å². The van der Waals surface area contributed by atoms with E-state index in [0.29, 0.717) is 52.9 Å². The van der Waals surface area contributed by atoms with Gasteiger partial charge in [-0.05, 0) is 55.1 Å². The molecule has 0 aliphatic carbocycles. The summed E-state index contributed by atoms with van der Waals surface area (Å²) >= 11 is 0. The normalized spacial score (nSPS) is 11.8. The van der Waals surface area contributed by atoms with Crippen molar-refractivity contribution in [2.45, 2.75) is 13.2 Å². The highest BCUT2D eigenvalue weighted by Crippen LogP contribution is 2.36. The maximum absolute atomic E-state index is 8.58. The van der Waals surface area contributed by atoms with Crippen molar-refractivity contribution in [1.29, 1.82) is 5.26 Å². The Hall–Kier alpha value is -3.79. The van der Waals surface area contributed by atoms with E-state index in [2.05, 4.69) is 54.6 Å². The highest BCUT2D eigenvalue weighted by molar-refractivity contribution is 6.23. The lowest BCUT2D eigenvalue weighted by molar-refractivity contribution is -0.00608. The number of allylic oxidation sites excluding steroid dienone is 1. The number of nitriles is 1. The van der Waals surface area contributed by atoms with E-state index < -0.39 is 0 Å². The molecule has 0 saturated heterocycles. The first kappa shape index (κ1) is 25.8. The van der Waals surface area contributed by atoms with Gasteiger partial charge in [-0.2, -0.15) is 5.26 Å². The minimum absolute atomic E-state index is 0.525. The van der Waals surface area contributed by atoms with Gasteiger partial charge in [-0.15, -0.1) is 0 Å². The molecule has 38 heavy (non-hydrogen) atoms. The molecule has 0 amide bonds. The third kappa shape index (κ3) is 6.36. The van der Waals surface area contributed by atoms with Crippen LogP contribution in [-0.4, -0.2) is 39.6 Å². The van der Waals surface area contributed by atoms with Gasteiger partial charge < -0.3 is 18.9 Å². The molecule has 0 aliphatic heterocycles. The number of benzene rings is 5. The number of hydrogen-bond acceptors (Lipinski definition) is 5. The summed E-state index contributed by atoms with van der Waals surface area (Å²) in [7, 11) is 0. The zero-order chi connectivity index (χ0) is 26.0. The van der Waals surface area contributed by atoms with Gasteiger partial charge in [0.25, 0.3) is 0 Å². The Balaban J connectivity index is 0.953. The topological polar surface area (TPSA) is 60.7 Å². The Labute approximate surface area is 223 Å². The molecule has 0 N–H and O–H groups in total. The van der Waals surface area contributed by atoms with Crippen molar-refractivity contribution in [1.82, 2.24) is 0 Å². The Morgan fingerprint density at radius 2 is 1.16 bits per heavy atom. The Morgan fingerprint density at radius 1 is 0.579 bits per heavy atom. The second kappa shape index (κ2) is 13.1. The highest BCUT2D eigenvalue weighted by Gasteiger charge is 2.10. The van der Waals surface area contributed by atoms with Gasteiger partial charge in [0.15, 0.2) is 0 Å². The summed E-state index contributed by atoms with van der Waals surface area (Å²) in [5, 5.41) is 16.3. The highest BCUT2D eigenvalue weighted by atomic mass is 16.6. The van der Waals surface area contributed by atoms with Gasteiger partial charge in [0, 0.05) is 6.08 Å². The second-order valence-corrected chi connectivity index (χ2v) is 9.11. The first-order valence-corrected chi connectivity index (χ1v) is 12.9. The van der Waals surface area contributed by atoms with Crippen molar-refractivity contribution in [2.75, 3.05) is 39.6 Å². The number of ether oxygens (including phenoxy) is 4. The Kier molecular flexibility index (Phi) is 8.93. The molecular weight excluding hydrogens is 474 g/mol. The summed E-state index contributed by atoms with van der Waals surface area (Å²) in [6, 6.07) is 29.6. The van der Waals surface area contributed by atoms with Crippen molar-refractivity contribution in [2.24, 2.45) is 0 Å². The van der Waals surface area contributed by atoms with Gasteiger partial charge in [-0.25, -0.2) is 0 Å². The van der Waals surface area contributed by atoms with E-state index in [4.69, 9.17) is 24.2 Å². The molecule has 0 bridgehead atoms. The number of nitrogens with zero attached hydrogens (tertiary/aromatic N) is 1. The van der Waals surface area contributed by atoms with Crippen LogP contribution in [0.5, 0.6) is 0 Å². The molecule has 0 unspecified atom stereocenters. The zero-order valence-corrected chi connectivity index (χ0v) is 21.4. The summed E-state index contributed by atoms with van der Waals surface area (Å²) < 4.78 is 22.8. The molecule has 0 saturated carbocycles. The molecule has 0 aliphatic rings. The van der Waals surface area contributed by atoms with Crippen LogP contribution in [0.15, 0.2) is 84.9 Å². The Bertz CT molecular complexity index is 1520. The third-order valence-corrected chi connectivity index (χ3v) is 6.59. The van der Waals surface area contributed by atoms with Crippen LogP contribution in [0, 0.1) is 11.3 Å². The predicted molar refractivity (Wildman–Crippen MR) is 152 cm³/mol. The van der Waals surface area contributed by atoms with E-state index in [1.807, 2.05) is 30.3 Å². The smallest absolute Gasteiger partial charge is 0.0912 e. The molecule has 192 valence electrons. The van der Waals surface area contributed by atoms with Gasteiger partial charge in [0.2, 0.25) is 0 Å². The van der Waals surface area contributed by atoms with E-state index in [1.54, 1.807) is 6.08 Å². The lowest BCUT2D eigenvalue weighted by atomic mass is 9.92. The molecule has 0 fully saturated rings. The van der Waals surface area contributed by atoms with Gasteiger partial charge >= 0.3 is 0 Å². The summed E-state index contributed by atoms with van der Waals surface area (Å²) in [5.41, 5.74) is 3.28. The SMILES string of the molecule is N#C/C=C/c1ccc(COCCOCCOCCOCc2ccc3ccc4cccc5ccc2c3c45)cc1. The van der Waals surface area contributed by atoms with Crippen LogP contribution in [0.3, 0.4) is 0 Å². The number of rotatable bonds is 14. The molecule has 0 spiro atoms. The van der Waals surface area contributed by atoms with E-state index in [1.165, 1.54) is 44.0 Å². The molecule has 5 heteroatoms. The van der Waals surface area contributed by atoms with E-state index in [0.717, 1.165) is 11.1 Å². The molecule has 0 heterocycles. The zero-order valence-electron chi connectivity index (χ0n) is 21.4. The minimum Gasteiger partial charge on any atom is -0.377 e. The fourth-order valence-corrected chi connectivity index (χ4v) is 4.71. The minimum atomic E-state index is 0.525. The molecule has 5 rings (SSSR count). The monoisotopic (exact) mass is 505 g/mol. The van der Waals surface area contributed by atoms with Gasteiger partial charge in [-0.1, -0.05) is 78.9 Å². The van der Waals surface area contributed by atoms with Gasteiger partial charge in [-0.3, -0.25) is 0 Å². The largest absolute Gasteiger partial charge is 0.377 e. The summed E-state index contributed by atoms with van der Waals surface area (Å²) in [4.78, 5) is 0. The van der Waals surface area contributed by atoms with E-state index >= 15 is 0 Å². The van der Waals surface area contributed by atoms with Crippen molar-refractivity contribution >= 4 is 38.4 Å². The maximum atomic E-state index is 8.58. The summed E-state index contributed by atoms with van der Waals surface area (Å²) in [6.07, 6.45) is 3.25. The number of hydrogen-bond donors (Lipinski definition) is 0. The molecule has 5 aromatic carbocycles. The van der Waals surface area contributed by atoms with Gasteiger partial charge in [0.05, 0.1) is 58.9 Å².